The standard InChI is InChI=1S/C33H25F2N3OS/c1-19-17-23(20(2)37(19)26-14-12-25(35)13-15-26)18-29-32(39)38-31(22-7-10-24(34)11-8-22)28-16-9-21-5-3-4-6-27(21)30(28)36-33(38)40-29/h3-8,10-15,17-18,31H,9,16H2,1-2H3/b29-18+/t31-/m1/s1. The van der Waals surface area contributed by atoms with Gasteiger partial charge < -0.3 is 4.57 Å². The van der Waals surface area contributed by atoms with Crippen molar-refractivity contribution in [2.24, 2.45) is 4.99 Å². The zero-order valence-electron chi connectivity index (χ0n) is 22.0. The highest BCUT2D eigenvalue weighted by atomic mass is 32.1. The molecule has 3 heterocycles. The first-order valence-electron chi connectivity index (χ1n) is 13.2. The molecule has 0 saturated carbocycles. The molecule has 0 saturated heterocycles. The van der Waals surface area contributed by atoms with Gasteiger partial charge in [-0.1, -0.05) is 47.7 Å². The summed E-state index contributed by atoms with van der Waals surface area (Å²) >= 11 is 1.37. The molecular weight excluding hydrogens is 524 g/mol. The minimum atomic E-state index is -0.353. The van der Waals surface area contributed by atoms with Crippen molar-refractivity contribution in [1.29, 1.82) is 0 Å². The van der Waals surface area contributed by atoms with Gasteiger partial charge in [-0.2, -0.15) is 0 Å². The van der Waals surface area contributed by atoms with Crippen LogP contribution in [0.15, 0.2) is 94.2 Å². The first kappa shape index (κ1) is 24.7. The van der Waals surface area contributed by atoms with E-state index in [4.69, 9.17) is 4.99 Å². The highest BCUT2D eigenvalue weighted by molar-refractivity contribution is 7.07. The summed E-state index contributed by atoms with van der Waals surface area (Å²) in [6, 6.07) is 22.8. The SMILES string of the molecule is Cc1cc(/C=c2/sc3n(c2=O)[C@H](c2ccc(F)cc2)C2=C(N=3)c3ccccc3CC2)c(C)n1-c1ccc(F)cc1. The van der Waals surface area contributed by atoms with Crippen LogP contribution in [-0.2, 0) is 6.42 Å². The third kappa shape index (κ3) is 3.92. The second-order valence-corrected chi connectivity index (χ2v) is 11.3. The van der Waals surface area contributed by atoms with Crippen LogP contribution in [0, 0.1) is 25.5 Å². The van der Waals surface area contributed by atoms with Gasteiger partial charge in [0.1, 0.15) is 11.6 Å². The molecule has 5 aromatic rings. The molecule has 198 valence electrons. The molecule has 0 amide bonds. The summed E-state index contributed by atoms with van der Waals surface area (Å²) in [6.07, 6.45) is 3.56. The summed E-state index contributed by atoms with van der Waals surface area (Å²) in [6.45, 7) is 3.99. The van der Waals surface area contributed by atoms with Crippen molar-refractivity contribution in [3.63, 3.8) is 0 Å². The van der Waals surface area contributed by atoms with E-state index < -0.39 is 0 Å². The number of hydrogen-bond acceptors (Lipinski definition) is 3. The second-order valence-electron chi connectivity index (χ2n) is 10.3. The molecule has 0 radical (unpaired) electrons. The third-order valence-electron chi connectivity index (χ3n) is 7.90. The van der Waals surface area contributed by atoms with Gasteiger partial charge in [0.15, 0.2) is 4.80 Å². The fourth-order valence-electron chi connectivity index (χ4n) is 6.03. The zero-order chi connectivity index (χ0) is 27.5. The predicted molar refractivity (Wildman–Crippen MR) is 154 cm³/mol. The number of aryl methyl sites for hydroxylation is 2. The molecule has 3 aromatic carbocycles. The molecule has 0 bridgehead atoms. The van der Waals surface area contributed by atoms with Gasteiger partial charge in [0.25, 0.3) is 5.56 Å². The molecule has 7 rings (SSSR count). The Bertz CT molecular complexity index is 2010. The van der Waals surface area contributed by atoms with Crippen molar-refractivity contribution in [2.75, 3.05) is 0 Å². The number of benzene rings is 3. The Kier molecular flexibility index (Phi) is 5.78. The maximum Gasteiger partial charge on any atom is 0.271 e. The molecule has 1 aliphatic carbocycles. The third-order valence-corrected chi connectivity index (χ3v) is 8.88. The van der Waals surface area contributed by atoms with Gasteiger partial charge in [0.05, 0.1) is 16.3 Å². The molecule has 0 unspecified atom stereocenters. The van der Waals surface area contributed by atoms with Crippen LogP contribution in [-0.4, -0.2) is 9.13 Å². The van der Waals surface area contributed by atoms with Crippen molar-refractivity contribution in [1.82, 2.24) is 9.13 Å². The van der Waals surface area contributed by atoms with Gasteiger partial charge in [-0.05, 0) is 97.5 Å². The van der Waals surface area contributed by atoms with E-state index in [-0.39, 0.29) is 23.2 Å². The number of thiazole rings is 1. The maximum atomic E-state index is 14.0. The van der Waals surface area contributed by atoms with Gasteiger partial charge >= 0.3 is 0 Å². The number of aromatic nitrogens is 2. The Hall–Kier alpha value is -4.36. The summed E-state index contributed by atoms with van der Waals surface area (Å²) in [5.41, 5.74) is 8.81. The minimum Gasteiger partial charge on any atom is -0.318 e. The van der Waals surface area contributed by atoms with Gasteiger partial charge in [-0.3, -0.25) is 9.36 Å². The van der Waals surface area contributed by atoms with Crippen LogP contribution in [0.2, 0.25) is 0 Å². The lowest BCUT2D eigenvalue weighted by Gasteiger charge is -2.30. The Labute approximate surface area is 233 Å². The van der Waals surface area contributed by atoms with Crippen molar-refractivity contribution in [2.45, 2.75) is 32.7 Å². The number of nitrogens with zero attached hydrogens (tertiary/aromatic N) is 3. The van der Waals surface area contributed by atoms with Crippen molar-refractivity contribution in [3.05, 3.63) is 149 Å². The fraction of sp³-hybridized carbons (Fsp3) is 0.152. The van der Waals surface area contributed by atoms with Crippen molar-refractivity contribution in [3.8, 4) is 5.69 Å². The van der Waals surface area contributed by atoms with Gasteiger partial charge in [-0.15, -0.1) is 0 Å². The molecule has 40 heavy (non-hydrogen) atoms. The Morgan fingerprint density at radius 3 is 2.38 bits per heavy atom. The molecule has 1 atom stereocenters. The summed E-state index contributed by atoms with van der Waals surface area (Å²) in [4.78, 5) is 19.7. The van der Waals surface area contributed by atoms with E-state index >= 15 is 0 Å². The highest BCUT2D eigenvalue weighted by Gasteiger charge is 2.32. The van der Waals surface area contributed by atoms with Crippen LogP contribution >= 0.6 is 11.3 Å². The minimum absolute atomic E-state index is 0.116. The topological polar surface area (TPSA) is 39.3 Å². The van der Waals surface area contributed by atoms with Crippen LogP contribution in [0.4, 0.5) is 8.78 Å². The van der Waals surface area contributed by atoms with Gasteiger partial charge in [0, 0.05) is 22.6 Å². The number of allylic oxidation sites excluding steroid dienone is 1. The maximum absolute atomic E-state index is 14.0. The predicted octanol–water partition coefficient (Wildman–Crippen LogP) is 6.00. The summed E-state index contributed by atoms with van der Waals surface area (Å²) in [5.74, 6) is -0.593. The summed E-state index contributed by atoms with van der Waals surface area (Å²) < 4.78 is 31.8. The van der Waals surface area contributed by atoms with E-state index in [0.29, 0.717) is 9.33 Å². The van der Waals surface area contributed by atoms with Crippen LogP contribution in [0.1, 0.15) is 46.1 Å². The monoisotopic (exact) mass is 549 g/mol. The van der Waals surface area contributed by atoms with E-state index in [2.05, 4.69) is 16.7 Å². The quantitative estimate of drug-likeness (QED) is 0.272. The van der Waals surface area contributed by atoms with E-state index in [1.807, 2.05) is 38.1 Å². The van der Waals surface area contributed by atoms with Crippen LogP contribution in [0.5, 0.6) is 0 Å². The van der Waals surface area contributed by atoms with Crippen LogP contribution < -0.4 is 14.9 Å². The summed E-state index contributed by atoms with van der Waals surface area (Å²) in [7, 11) is 0. The highest BCUT2D eigenvalue weighted by Crippen LogP contribution is 2.41. The Balaban J connectivity index is 1.43. The Morgan fingerprint density at radius 1 is 0.925 bits per heavy atom. The van der Waals surface area contributed by atoms with E-state index in [9.17, 15) is 13.6 Å². The molecule has 2 aromatic heterocycles. The number of rotatable bonds is 3. The normalized spacial score (nSPS) is 16.4. The lowest BCUT2D eigenvalue weighted by molar-refractivity contribution is 0.581. The molecule has 0 N–H and O–H groups in total. The largest absolute Gasteiger partial charge is 0.318 e. The van der Waals surface area contributed by atoms with E-state index in [0.717, 1.165) is 57.9 Å². The molecule has 4 nitrogen and oxygen atoms in total. The lowest BCUT2D eigenvalue weighted by Crippen LogP contribution is -2.38. The average molecular weight is 550 g/mol. The number of halogens is 2. The van der Waals surface area contributed by atoms with Crippen LogP contribution in [0.3, 0.4) is 0 Å². The smallest absolute Gasteiger partial charge is 0.271 e. The second kappa shape index (κ2) is 9.38. The average Bonchev–Trinajstić information content (AvgIpc) is 3.42. The molecule has 2 aliphatic rings. The number of hydrogen-bond donors (Lipinski definition) is 0. The number of fused-ring (bicyclic) bond motifs is 3. The molecule has 7 heteroatoms. The van der Waals surface area contributed by atoms with Crippen molar-refractivity contribution < 1.29 is 8.78 Å². The lowest BCUT2D eigenvalue weighted by atomic mass is 9.83. The summed E-state index contributed by atoms with van der Waals surface area (Å²) in [5, 5.41) is 0. The Morgan fingerprint density at radius 2 is 1.62 bits per heavy atom. The van der Waals surface area contributed by atoms with Crippen molar-refractivity contribution >= 4 is 23.1 Å². The molecule has 0 spiro atoms. The van der Waals surface area contributed by atoms with Gasteiger partial charge in [0.2, 0.25) is 0 Å². The first-order chi connectivity index (χ1) is 19.4. The van der Waals surface area contributed by atoms with Gasteiger partial charge in [-0.25, -0.2) is 13.8 Å². The molecular formula is C33H25F2N3OS. The zero-order valence-corrected chi connectivity index (χ0v) is 22.8. The first-order valence-corrected chi connectivity index (χ1v) is 14.0. The molecule has 0 fully saturated rings. The fourth-order valence-corrected chi connectivity index (χ4v) is 7.02. The van der Waals surface area contributed by atoms with E-state index in [1.165, 1.54) is 41.2 Å². The van der Waals surface area contributed by atoms with E-state index in [1.54, 1.807) is 28.8 Å². The molecule has 1 aliphatic heterocycles. The van der Waals surface area contributed by atoms with Crippen LogP contribution in [0.25, 0.3) is 17.5 Å².